The highest BCUT2D eigenvalue weighted by Crippen LogP contribution is 2.26. The number of oxime groups is 1. The van der Waals surface area contributed by atoms with Crippen LogP contribution < -0.4 is 5.32 Å². The van der Waals surface area contributed by atoms with Crippen LogP contribution in [0.1, 0.15) is 16.8 Å². The normalized spacial score (nSPS) is 11.3. The van der Waals surface area contributed by atoms with Crippen LogP contribution >= 0.6 is 11.6 Å². The van der Waals surface area contributed by atoms with Crippen molar-refractivity contribution in [2.45, 2.75) is 6.92 Å². The van der Waals surface area contributed by atoms with Gasteiger partial charge in [-0.1, -0.05) is 41.0 Å². The van der Waals surface area contributed by atoms with Gasteiger partial charge in [0.2, 0.25) is 0 Å². The monoisotopic (exact) mass is 337 g/mol. The van der Waals surface area contributed by atoms with Crippen molar-refractivity contribution < 1.29 is 5.21 Å². The fourth-order valence-electron chi connectivity index (χ4n) is 2.40. The molecule has 24 heavy (non-hydrogen) atoms. The predicted octanol–water partition coefficient (Wildman–Crippen LogP) is 5.01. The van der Waals surface area contributed by atoms with Gasteiger partial charge in [0.15, 0.2) is 0 Å². The molecule has 3 rings (SSSR count). The van der Waals surface area contributed by atoms with Crippen molar-refractivity contribution in [3.63, 3.8) is 0 Å². The van der Waals surface area contributed by atoms with E-state index in [0.717, 1.165) is 16.9 Å². The van der Waals surface area contributed by atoms with E-state index in [9.17, 15) is 5.21 Å². The highest BCUT2D eigenvalue weighted by Gasteiger charge is 2.13. The van der Waals surface area contributed by atoms with Gasteiger partial charge in [-0.15, -0.1) is 0 Å². The van der Waals surface area contributed by atoms with Crippen LogP contribution in [0.5, 0.6) is 0 Å². The number of anilines is 2. The number of aromatic nitrogens is 1. The Hall–Kier alpha value is -2.85. The molecule has 0 aliphatic carbocycles. The minimum Gasteiger partial charge on any atom is -0.410 e. The highest BCUT2D eigenvalue weighted by molar-refractivity contribution is 6.35. The molecule has 120 valence electrons. The fourth-order valence-corrected chi connectivity index (χ4v) is 2.67. The minimum atomic E-state index is 0.336. The average Bonchev–Trinajstić information content (AvgIpc) is 2.60. The molecule has 3 aromatic rings. The summed E-state index contributed by atoms with van der Waals surface area (Å²) < 4.78 is 0. The van der Waals surface area contributed by atoms with Crippen molar-refractivity contribution in [1.29, 1.82) is 0 Å². The molecule has 0 aliphatic rings. The number of halogens is 1. The molecule has 0 spiro atoms. The lowest BCUT2D eigenvalue weighted by atomic mass is 10.1. The smallest absolute Gasteiger partial charge is 0.136 e. The molecule has 4 nitrogen and oxygen atoms in total. The quantitative estimate of drug-likeness (QED) is 0.399. The van der Waals surface area contributed by atoms with E-state index in [4.69, 9.17) is 11.6 Å². The Morgan fingerprint density at radius 2 is 1.88 bits per heavy atom. The lowest BCUT2D eigenvalue weighted by Crippen LogP contribution is -2.06. The summed E-state index contributed by atoms with van der Waals surface area (Å²) in [6.07, 6.45) is 1.64. The van der Waals surface area contributed by atoms with E-state index >= 15 is 0 Å². The summed E-state index contributed by atoms with van der Waals surface area (Å²) in [5, 5.41) is 16.6. The van der Waals surface area contributed by atoms with Crippen molar-refractivity contribution in [3.8, 4) is 0 Å². The van der Waals surface area contributed by atoms with Crippen molar-refractivity contribution >= 4 is 28.7 Å². The lowest BCUT2D eigenvalue weighted by molar-refractivity contribution is 0.319. The Morgan fingerprint density at radius 1 is 1.08 bits per heavy atom. The molecule has 0 saturated heterocycles. The van der Waals surface area contributed by atoms with Gasteiger partial charge in [-0.25, -0.2) is 0 Å². The summed E-state index contributed by atoms with van der Waals surface area (Å²) >= 11 is 6.40. The van der Waals surface area contributed by atoms with E-state index in [-0.39, 0.29) is 0 Å². The first-order valence-electron chi connectivity index (χ1n) is 7.45. The van der Waals surface area contributed by atoms with Crippen molar-refractivity contribution in [2.24, 2.45) is 5.16 Å². The zero-order valence-electron chi connectivity index (χ0n) is 13.1. The molecule has 5 heteroatoms. The molecule has 1 aromatic heterocycles. The molecule has 0 bridgehead atoms. The first kappa shape index (κ1) is 16.0. The van der Waals surface area contributed by atoms with E-state index in [1.807, 2.05) is 49.4 Å². The van der Waals surface area contributed by atoms with Crippen molar-refractivity contribution in [1.82, 2.24) is 4.98 Å². The molecule has 0 unspecified atom stereocenters. The molecule has 0 aliphatic heterocycles. The summed E-state index contributed by atoms with van der Waals surface area (Å²) in [6.45, 7) is 2.04. The van der Waals surface area contributed by atoms with Gasteiger partial charge >= 0.3 is 0 Å². The first-order valence-corrected chi connectivity index (χ1v) is 7.83. The fraction of sp³-hybridized carbons (Fsp3) is 0.0526. The Bertz CT molecular complexity index is 879. The second kappa shape index (κ2) is 7.15. The highest BCUT2D eigenvalue weighted by atomic mass is 35.5. The summed E-state index contributed by atoms with van der Waals surface area (Å²) in [6, 6.07) is 18.9. The van der Waals surface area contributed by atoms with Crippen LogP contribution in [0.2, 0.25) is 5.02 Å². The third-order valence-electron chi connectivity index (χ3n) is 3.66. The molecular weight excluding hydrogens is 322 g/mol. The molecule has 0 atom stereocenters. The number of nitrogens with zero attached hydrogens (tertiary/aromatic N) is 2. The number of hydrogen-bond acceptors (Lipinski definition) is 4. The second-order valence-electron chi connectivity index (χ2n) is 5.30. The maximum atomic E-state index is 9.37. The van der Waals surface area contributed by atoms with Gasteiger partial charge in [0.1, 0.15) is 5.71 Å². The van der Waals surface area contributed by atoms with Crippen molar-refractivity contribution in [2.75, 3.05) is 5.32 Å². The van der Waals surface area contributed by atoms with Gasteiger partial charge in [-0.2, -0.15) is 0 Å². The number of aryl methyl sites for hydroxylation is 1. The minimum absolute atomic E-state index is 0.336. The molecule has 0 radical (unpaired) electrons. The molecule has 2 N–H and O–H groups in total. The van der Waals surface area contributed by atoms with E-state index in [0.29, 0.717) is 22.0 Å². The maximum absolute atomic E-state index is 9.37. The Kier molecular flexibility index (Phi) is 4.77. The van der Waals surface area contributed by atoms with Gasteiger partial charge in [-0.05, 0) is 48.9 Å². The SMILES string of the molecule is Cc1ccccc1Nc1ccc(C(=NO)c2ccccn2)c(Cl)c1. The number of pyridine rings is 1. The predicted molar refractivity (Wildman–Crippen MR) is 97.6 cm³/mol. The number of benzene rings is 2. The largest absolute Gasteiger partial charge is 0.410 e. The zero-order chi connectivity index (χ0) is 16.9. The summed E-state index contributed by atoms with van der Waals surface area (Å²) in [7, 11) is 0. The van der Waals surface area contributed by atoms with Crippen molar-refractivity contribution in [3.05, 3.63) is 88.7 Å². The van der Waals surface area contributed by atoms with E-state index in [2.05, 4.69) is 15.5 Å². The Balaban J connectivity index is 1.91. The molecular formula is C19H16ClN3O. The van der Waals surface area contributed by atoms with Crippen LogP contribution in [0.3, 0.4) is 0 Å². The zero-order valence-corrected chi connectivity index (χ0v) is 13.8. The molecule has 0 fully saturated rings. The number of hydrogen-bond donors (Lipinski definition) is 2. The standard InChI is InChI=1S/C19H16ClN3O/c1-13-6-2-3-7-17(13)22-14-9-10-15(16(20)12-14)19(23-24)18-8-4-5-11-21-18/h2-12,22,24H,1H3. The first-order chi connectivity index (χ1) is 11.7. The third-order valence-corrected chi connectivity index (χ3v) is 3.97. The van der Waals surface area contributed by atoms with Crippen LogP contribution in [-0.4, -0.2) is 15.9 Å². The Labute approximate surface area is 145 Å². The summed E-state index contributed by atoms with van der Waals surface area (Å²) in [5.74, 6) is 0. The van der Waals surface area contributed by atoms with Gasteiger partial charge in [0, 0.05) is 23.1 Å². The number of para-hydroxylation sites is 1. The van der Waals surface area contributed by atoms with Gasteiger partial charge in [-0.3, -0.25) is 4.98 Å². The van der Waals surface area contributed by atoms with E-state index in [1.165, 1.54) is 0 Å². The van der Waals surface area contributed by atoms with Gasteiger partial charge in [0.25, 0.3) is 0 Å². The average molecular weight is 338 g/mol. The number of nitrogens with one attached hydrogen (secondary N) is 1. The van der Waals surface area contributed by atoms with Crippen LogP contribution in [-0.2, 0) is 0 Å². The van der Waals surface area contributed by atoms with Crippen LogP contribution in [0.4, 0.5) is 11.4 Å². The molecule has 2 aromatic carbocycles. The van der Waals surface area contributed by atoms with Crippen LogP contribution in [0.25, 0.3) is 0 Å². The Morgan fingerprint density at radius 3 is 2.54 bits per heavy atom. The molecule has 1 heterocycles. The topological polar surface area (TPSA) is 57.5 Å². The van der Waals surface area contributed by atoms with Crippen LogP contribution in [0, 0.1) is 6.92 Å². The second-order valence-corrected chi connectivity index (χ2v) is 5.71. The van der Waals surface area contributed by atoms with Gasteiger partial charge < -0.3 is 10.5 Å². The third kappa shape index (κ3) is 3.39. The number of rotatable bonds is 4. The van der Waals surface area contributed by atoms with E-state index in [1.54, 1.807) is 24.4 Å². The maximum Gasteiger partial charge on any atom is 0.136 e. The van der Waals surface area contributed by atoms with Gasteiger partial charge in [0.05, 0.1) is 10.7 Å². The molecule has 0 saturated carbocycles. The molecule has 0 amide bonds. The summed E-state index contributed by atoms with van der Waals surface area (Å²) in [4.78, 5) is 4.20. The van der Waals surface area contributed by atoms with E-state index < -0.39 is 0 Å². The summed E-state index contributed by atoms with van der Waals surface area (Å²) in [5.41, 5.74) is 4.53. The lowest BCUT2D eigenvalue weighted by Gasteiger charge is -2.12. The van der Waals surface area contributed by atoms with Crippen LogP contribution in [0.15, 0.2) is 72.0 Å².